The van der Waals surface area contributed by atoms with Crippen molar-refractivity contribution < 1.29 is 19.4 Å². The zero-order valence-corrected chi connectivity index (χ0v) is 16.5. The van der Waals surface area contributed by atoms with Gasteiger partial charge in [0, 0.05) is 24.2 Å². The molecule has 9 nitrogen and oxygen atoms in total. The number of ether oxygens (including phenoxy) is 1. The van der Waals surface area contributed by atoms with Crippen LogP contribution >= 0.6 is 0 Å². The van der Waals surface area contributed by atoms with E-state index in [-0.39, 0.29) is 24.3 Å². The first-order chi connectivity index (χ1) is 14.5. The van der Waals surface area contributed by atoms with E-state index in [1.165, 1.54) is 0 Å². The second-order valence-electron chi connectivity index (χ2n) is 6.20. The second-order valence-corrected chi connectivity index (χ2v) is 6.20. The number of hydrogen-bond acceptors (Lipinski definition) is 7. The summed E-state index contributed by atoms with van der Waals surface area (Å²) in [4.78, 5) is 33.3. The van der Waals surface area contributed by atoms with Gasteiger partial charge in [-0.15, -0.1) is 0 Å². The van der Waals surface area contributed by atoms with Crippen LogP contribution in [0.1, 0.15) is 26.3 Å². The van der Waals surface area contributed by atoms with Gasteiger partial charge in [-0.2, -0.15) is 9.97 Å². The highest BCUT2D eigenvalue weighted by Gasteiger charge is 2.13. The summed E-state index contributed by atoms with van der Waals surface area (Å²) in [6, 6.07) is 14.7. The third kappa shape index (κ3) is 5.09. The van der Waals surface area contributed by atoms with Crippen LogP contribution in [0.25, 0.3) is 0 Å². The fourth-order valence-electron chi connectivity index (χ4n) is 2.56. The number of anilines is 3. The average Bonchev–Trinajstić information content (AvgIpc) is 2.78. The van der Waals surface area contributed by atoms with E-state index < -0.39 is 5.91 Å². The van der Waals surface area contributed by atoms with Crippen molar-refractivity contribution in [2.45, 2.75) is 6.61 Å². The molecule has 1 heterocycles. The van der Waals surface area contributed by atoms with Crippen molar-refractivity contribution in [3.63, 3.8) is 0 Å². The number of rotatable bonds is 7. The molecule has 2 amide bonds. The summed E-state index contributed by atoms with van der Waals surface area (Å²) in [6.07, 6.45) is 0. The van der Waals surface area contributed by atoms with Crippen molar-refractivity contribution >= 4 is 29.4 Å². The van der Waals surface area contributed by atoms with Crippen molar-refractivity contribution in [2.75, 3.05) is 30.1 Å². The summed E-state index contributed by atoms with van der Waals surface area (Å²) in [5.74, 6) is 0.526. The van der Waals surface area contributed by atoms with Gasteiger partial charge in [0.15, 0.2) is 0 Å². The lowest BCUT2D eigenvalue weighted by Crippen LogP contribution is -2.17. The van der Waals surface area contributed by atoms with Crippen LogP contribution in [0.4, 0.5) is 17.6 Å². The molecular formula is C21H21N5O4. The Labute approximate surface area is 173 Å². The third-order valence-electron chi connectivity index (χ3n) is 4.20. The van der Waals surface area contributed by atoms with E-state index >= 15 is 0 Å². The van der Waals surface area contributed by atoms with Crippen molar-refractivity contribution in [3.05, 3.63) is 71.3 Å². The molecule has 30 heavy (non-hydrogen) atoms. The number of hydrogen-bond donors (Lipinski definition) is 4. The number of carbonyl (C=O) groups is 2. The highest BCUT2D eigenvalue weighted by atomic mass is 16.5. The molecule has 0 spiro atoms. The highest BCUT2D eigenvalue weighted by Crippen LogP contribution is 2.17. The monoisotopic (exact) mass is 407 g/mol. The molecule has 0 bridgehead atoms. The first-order valence-corrected chi connectivity index (χ1v) is 9.05. The fraction of sp³-hybridized carbons (Fsp3) is 0.143. The summed E-state index contributed by atoms with van der Waals surface area (Å²) in [5, 5.41) is 17.3. The molecule has 0 unspecified atom stereocenters. The SMILES string of the molecule is CNc1cc(NC(=O)c2ccc(CO)cc2)nc(NC(=O)c2ccc(OC)cc2)n1. The lowest BCUT2D eigenvalue weighted by Gasteiger charge is -2.10. The standard InChI is InChI=1S/C21H21N5O4/c1-22-17-11-18(23-19(28)14-5-3-13(12-27)4-6-14)25-21(24-17)26-20(29)15-7-9-16(30-2)10-8-15/h3-11,27H,12H2,1-2H3,(H3,22,23,24,25,26,28,29). The second kappa shape index (κ2) is 9.48. The molecule has 3 aromatic rings. The smallest absolute Gasteiger partial charge is 0.258 e. The maximum atomic E-state index is 12.5. The van der Waals surface area contributed by atoms with Gasteiger partial charge in [0.1, 0.15) is 17.4 Å². The van der Waals surface area contributed by atoms with Crippen LogP contribution in [0.3, 0.4) is 0 Å². The Hall–Kier alpha value is -3.98. The van der Waals surface area contributed by atoms with E-state index in [2.05, 4.69) is 25.9 Å². The van der Waals surface area contributed by atoms with Gasteiger partial charge in [-0.1, -0.05) is 12.1 Å². The Balaban J connectivity index is 1.76. The molecule has 4 N–H and O–H groups in total. The fourth-order valence-corrected chi connectivity index (χ4v) is 2.56. The van der Waals surface area contributed by atoms with Gasteiger partial charge in [0.25, 0.3) is 11.8 Å². The minimum Gasteiger partial charge on any atom is -0.497 e. The normalized spacial score (nSPS) is 10.2. The van der Waals surface area contributed by atoms with Crippen LogP contribution in [-0.2, 0) is 6.61 Å². The quantitative estimate of drug-likeness (QED) is 0.474. The van der Waals surface area contributed by atoms with Gasteiger partial charge in [0.05, 0.1) is 13.7 Å². The van der Waals surface area contributed by atoms with Crippen molar-refractivity contribution in [3.8, 4) is 5.75 Å². The van der Waals surface area contributed by atoms with Crippen LogP contribution in [0.5, 0.6) is 5.75 Å². The largest absolute Gasteiger partial charge is 0.497 e. The Bertz CT molecular complexity index is 957. The van der Waals surface area contributed by atoms with Gasteiger partial charge < -0.3 is 20.5 Å². The number of methoxy groups -OCH3 is 1. The zero-order chi connectivity index (χ0) is 21.5. The van der Waals surface area contributed by atoms with Gasteiger partial charge >= 0.3 is 0 Å². The predicted molar refractivity (Wildman–Crippen MR) is 113 cm³/mol. The molecule has 0 saturated carbocycles. The van der Waals surface area contributed by atoms with Crippen LogP contribution in [0.2, 0.25) is 0 Å². The number of aliphatic hydroxyl groups is 1. The Morgan fingerprint density at radius 3 is 2.03 bits per heavy atom. The first-order valence-electron chi connectivity index (χ1n) is 9.05. The molecule has 2 aromatic carbocycles. The van der Waals surface area contributed by atoms with Crippen molar-refractivity contribution in [2.24, 2.45) is 0 Å². The molecule has 0 radical (unpaired) electrons. The summed E-state index contributed by atoms with van der Waals surface area (Å²) in [7, 11) is 3.21. The average molecular weight is 407 g/mol. The number of nitrogens with one attached hydrogen (secondary N) is 3. The number of amides is 2. The minimum atomic E-state index is -0.400. The molecule has 1 aromatic heterocycles. The molecule has 9 heteroatoms. The number of carbonyl (C=O) groups excluding carboxylic acids is 2. The van der Waals surface area contributed by atoms with Crippen LogP contribution in [0, 0.1) is 0 Å². The van der Waals surface area contributed by atoms with Crippen LogP contribution in [-0.4, -0.2) is 41.0 Å². The lowest BCUT2D eigenvalue weighted by molar-refractivity contribution is 0.101. The number of aliphatic hydroxyl groups excluding tert-OH is 1. The van der Waals surface area contributed by atoms with E-state index in [9.17, 15) is 9.59 Å². The molecular weight excluding hydrogens is 386 g/mol. The summed E-state index contributed by atoms with van der Waals surface area (Å²) >= 11 is 0. The third-order valence-corrected chi connectivity index (χ3v) is 4.20. The first kappa shape index (κ1) is 20.7. The summed E-state index contributed by atoms with van der Waals surface area (Å²) in [5.41, 5.74) is 1.51. The number of benzene rings is 2. The van der Waals surface area contributed by atoms with Crippen molar-refractivity contribution in [1.82, 2.24) is 9.97 Å². The van der Waals surface area contributed by atoms with E-state index in [4.69, 9.17) is 9.84 Å². The zero-order valence-electron chi connectivity index (χ0n) is 16.5. The van der Waals surface area contributed by atoms with Gasteiger partial charge in [-0.3, -0.25) is 14.9 Å². The summed E-state index contributed by atoms with van der Waals surface area (Å²) < 4.78 is 5.08. The highest BCUT2D eigenvalue weighted by molar-refractivity contribution is 6.05. The van der Waals surface area contributed by atoms with E-state index in [1.54, 1.807) is 68.8 Å². The predicted octanol–water partition coefficient (Wildman–Crippen LogP) is 2.52. The minimum absolute atomic E-state index is 0.0357. The molecule has 0 atom stereocenters. The Morgan fingerprint density at radius 1 is 0.900 bits per heavy atom. The molecule has 0 fully saturated rings. The van der Waals surface area contributed by atoms with Crippen LogP contribution in [0.15, 0.2) is 54.6 Å². The maximum absolute atomic E-state index is 12.5. The number of aromatic nitrogens is 2. The molecule has 0 aliphatic heterocycles. The van der Waals surface area contributed by atoms with Crippen molar-refractivity contribution in [1.29, 1.82) is 0 Å². The van der Waals surface area contributed by atoms with Crippen LogP contribution < -0.4 is 20.7 Å². The summed E-state index contributed by atoms with van der Waals surface area (Å²) in [6.45, 7) is -0.101. The van der Waals surface area contributed by atoms with E-state index in [0.717, 1.165) is 0 Å². The van der Waals surface area contributed by atoms with Gasteiger partial charge in [0.2, 0.25) is 5.95 Å². The molecule has 0 aliphatic rings. The topological polar surface area (TPSA) is 125 Å². The maximum Gasteiger partial charge on any atom is 0.258 e. The van der Waals surface area contributed by atoms with E-state index in [1.807, 2.05) is 0 Å². The van der Waals surface area contributed by atoms with Gasteiger partial charge in [-0.05, 0) is 42.0 Å². The molecule has 3 rings (SSSR count). The molecule has 154 valence electrons. The van der Waals surface area contributed by atoms with E-state index in [0.29, 0.717) is 28.3 Å². The lowest BCUT2D eigenvalue weighted by atomic mass is 10.1. The Morgan fingerprint density at radius 2 is 1.47 bits per heavy atom. The molecule has 0 aliphatic carbocycles. The molecule has 0 saturated heterocycles. The Kier molecular flexibility index (Phi) is 6.56. The number of nitrogens with zero attached hydrogens (tertiary/aromatic N) is 2. The van der Waals surface area contributed by atoms with Gasteiger partial charge in [-0.25, -0.2) is 0 Å².